The lowest BCUT2D eigenvalue weighted by atomic mass is 9.99. The summed E-state index contributed by atoms with van der Waals surface area (Å²) in [6.07, 6.45) is 6.68. The van der Waals surface area contributed by atoms with Crippen LogP contribution in [0.3, 0.4) is 0 Å². The normalized spacial score (nSPS) is 12.2. The average molecular weight is 460 g/mol. The van der Waals surface area contributed by atoms with Gasteiger partial charge in [0.15, 0.2) is 0 Å². The van der Waals surface area contributed by atoms with Crippen molar-refractivity contribution < 1.29 is 22.7 Å². The van der Waals surface area contributed by atoms with Crippen LogP contribution in [0.25, 0.3) is 11.3 Å². The van der Waals surface area contributed by atoms with E-state index in [9.17, 15) is 13.6 Å². The molecule has 3 aromatic rings. The molecule has 1 unspecified atom stereocenters. The van der Waals surface area contributed by atoms with Gasteiger partial charge in [-0.15, -0.1) is 0 Å². The number of furan rings is 1. The minimum atomic E-state index is -2.61. The molecule has 172 valence electrons. The Morgan fingerprint density at radius 1 is 1.31 bits per heavy atom. The van der Waals surface area contributed by atoms with Crippen molar-refractivity contribution in [2.75, 3.05) is 10.9 Å². The second-order valence-corrected chi connectivity index (χ2v) is 8.77. The van der Waals surface area contributed by atoms with Crippen molar-refractivity contribution in [1.82, 2.24) is 9.55 Å². The number of ether oxygens (including phenoxy) is 1. The van der Waals surface area contributed by atoms with E-state index in [0.29, 0.717) is 36.0 Å². The molecule has 32 heavy (non-hydrogen) atoms. The van der Waals surface area contributed by atoms with Crippen LogP contribution in [0.2, 0.25) is 0 Å². The van der Waals surface area contributed by atoms with Crippen LogP contribution in [-0.2, 0) is 29.0 Å². The van der Waals surface area contributed by atoms with E-state index >= 15 is 0 Å². The van der Waals surface area contributed by atoms with Gasteiger partial charge in [0.25, 0.3) is 11.3 Å². The maximum Gasteiger partial charge on any atom is 0.428 e. The van der Waals surface area contributed by atoms with Gasteiger partial charge in [0.05, 0.1) is 25.2 Å². The molecule has 0 saturated carbocycles. The molecule has 1 N–H and O–H groups in total. The van der Waals surface area contributed by atoms with Crippen molar-refractivity contribution in [2.24, 2.45) is 5.92 Å². The minimum absolute atomic E-state index is 0.180. The van der Waals surface area contributed by atoms with Gasteiger partial charge in [0, 0.05) is 18.0 Å². The number of hydrogen-bond acceptors (Lipinski definition) is 5. The Hall–Kier alpha value is -2.91. The number of rotatable bonds is 10. The molecule has 0 aliphatic heterocycles. The van der Waals surface area contributed by atoms with E-state index in [2.05, 4.69) is 18.8 Å². The predicted molar refractivity (Wildman–Crippen MR) is 124 cm³/mol. The summed E-state index contributed by atoms with van der Waals surface area (Å²) >= 11 is -2.61. The van der Waals surface area contributed by atoms with Crippen LogP contribution in [0.15, 0.2) is 53.5 Å². The zero-order valence-electron chi connectivity index (χ0n) is 18.6. The number of carbonyl (C=O) groups is 1. The maximum atomic E-state index is 12.6. The topological polar surface area (TPSA) is 97.8 Å². The van der Waals surface area contributed by atoms with Gasteiger partial charge < -0.3 is 13.7 Å². The molecule has 1 amide bonds. The van der Waals surface area contributed by atoms with Crippen molar-refractivity contribution >= 4 is 23.0 Å². The standard InChI is InChI=1S/C23H29N3O5S/c1-4-5-12-30-23(27)26(32(28)29)21-8-6-18(13-17(2)3)14-20(21)22-9-7-19(31-22)15-25-11-10-24-16-25/h6-11,14,16-17H,4-5,12-13,15H2,1-3H3,(H,28,29). The molecule has 0 bridgehead atoms. The monoisotopic (exact) mass is 459 g/mol. The first kappa shape index (κ1) is 23.7. The lowest BCUT2D eigenvalue weighted by Crippen LogP contribution is -2.33. The molecular weight excluding hydrogens is 430 g/mol. The zero-order valence-corrected chi connectivity index (χ0v) is 19.4. The van der Waals surface area contributed by atoms with E-state index in [1.54, 1.807) is 24.7 Å². The molecule has 1 atom stereocenters. The van der Waals surface area contributed by atoms with Crippen LogP contribution < -0.4 is 4.31 Å². The minimum Gasteiger partial charge on any atom is -0.459 e. The summed E-state index contributed by atoms with van der Waals surface area (Å²) in [5, 5.41) is 0. The number of hydrogen-bond donors (Lipinski definition) is 1. The van der Waals surface area contributed by atoms with Gasteiger partial charge in [-0.05, 0) is 48.6 Å². The summed E-state index contributed by atoms with van der Waals surface area (Å²) in [6, 6.07) is 9.06. The predicted octanol–water partition coefficient (Wildman–Crippen LogP) is 5.27. The largest absolute Gasteiger partial charge is 0.459 e. The SMILES string of the molecule is CCCCOC(=O)N(c1ccc(CC(C)C)cc1-c1ccc(Cn2ccnc2)o1)S(=O)O. The van der Waals surface area contributed by atoms with E-state index in [1.807, 2.05) is 35.9 Å². The van der Waals surface area contributed by atoms with E-state index in [-0.39, 0.29) is 12.3 Å². The highest BCUT2D eigenvalue weighted by Gasteiger charge is 2.27. The van der Waals surface area contributed by atoms with Crippen molar-refractivity contribution in [1.29, 1.82) is 0 Å². The van der Waals surface area contributed by atoms with Gasteiger partial charge in [-0.1, -0.05) is 33.3 Å². The van der Waals surface area contributed by atoms with Crippen molar-refractivity contribution in [2.45, 2.75) is 46.6 Å². The fraction of sp³-hybridized carbons (Fsp3) is 0.391. The summed E-state index contributed by atoms with van der Waals surface area (Å²) in [6.45, 7) is 6.88. The molecule has 2 aromatic heterocycles. The van der Waals surface area contributed by atoms with Crippen LogP contribution in [0, 0.1) is 5.92 Å². The summed E-state index contributed by atoms with van der Waals surface area (Å²) in [4.78, 5) is 16.7. The van der Waals surface area contributed by atoms with Gasteiger partial charge in [0.2, 0.25) is 0 Å². The number of carbonyl (C=O) groups excluding carboxylic acids is 1. The number of benzene rings is 1. The Kier molecular flexibility index (Phi) is 8.24. The molecule has 0 aliphatic carbocycles. The van der Waals surface area contributed by atoms with E-state index in [1.165, 1.54) is 0 Å². The van der Waals surface area contributed by atoms with Crippen molar-refractivity contribution in [3.05, 3.63) is 60.4 Å². The molecule has 3 rings (SSSR count). The Labute approximate surface area is 190 Å². The van der Waals surface area contributed by atoms with E-state index in [4.69, 9.17) is 9.15 Å². The smallest absolute Gasteiger partial charge is 0.428 e. The highest BCUT2D eigenvalue weighted by atomic mass is 32.2. The Morgan fingerprint density at radius 3 is 2.78 bits per heavy atom. The fourth-order valence-electron chi connectivity index (χ4n) is 3.33. The Bertz CT molecular complexity index is 1050. The van der Waals surface area contributed by atoms with Gasteiger partial charge in [-0.2, -0.15) is 4.31 Å². The highest BCUT2D eigenvalue weighted by Crippen LogP contribution is 2.35. The first-order chi connectivity index (χ1) is 15.4. The lowest BCUT2D eigenvalue weighted by molar-refractivity contribution is 0.156. The lowest BCUT2D eigenvalue weighted by Gasteiger charge is -2.21. The number of unbranched alkanes of at least 4 members (excludes halogenated alkanes) is 1. The first-order valence-electron chi connectivity index (χ1n) is 10.6. The molecule has 0 spiro atoms. The van der Waals surface area contributed by atoms with Gasteiger partial charge in [0.1, 0.15) is 11.5 Å². The molecule has 1 aromatic carbocycles. The first-order valence-corrected chi connectivity index (χ1v) is 11.7. The van der Waals surface area contributed by atoms with Gasteiger partial charge in [-0.25, -0.2) is 14.0 Å². The molecule has 2 heterocycles. The molecule has 8 nitrogen and oxygen atoms in total. The van der Waals surface area contributed by atoms with E-state index < -0.39 is 17.4 Å². The molecular formula is C23H29N3O5S. The van der Waals surface area contributed by atoms with Crippen LogP contribution in [-0.4, -0.2) is 31.0 Å². The van der Waals surface area contributed by atoms with E-state index in [0.717, 1.165) is 22.7 Å². The average Bonchev–Trinajstić information content (AvgIpc) is 3.41. The summed E-state index contributed by atoms with van der Waals surface area (Å²) in [7, 11) is 0. The van der Waals surface area contributed by atoms with Crippen molar-refractivity contribution in [3.63, 3.8) is 0 Å². The molecule has 0 saturated heterocycles. The number of imidazole rings is 1. The number of aromatic nitrogens is 2. The highest BCUT2D eigenvalue weighted by molar-refractivity contribution is 7.81. The second kappa shape index (κ2) is 11.1. The number of amides is 1. The third-order valence-electron chi connectivity index (χ3n) is 4.79. The quantitative estimate of drug-likeness (QED) is 0.328. The summed E-state index contributed by atoms with van der Waals surface area (Å²) in [5.41, 5.74) is 1.84. The zero-order chi connectivity index (χ0) is 23.1. The maximum absolute atomic E-state index is 12.6. The molecule has 0 fully saturated rings. The second-order valence-electron chi connectivity index (χ2n) is 7.94. The Balaban J connectivity index is 1.99. The van der Waals surface area contributed by atoms with Gasteiger partial charge >= 0.3 is 6.09 Å². The summed E-state index contributed by atoms with van der Waals surface area (Å²) in [5.74, 6) is 1.61. The fourth-order valence-corrected chi connectivity index (χ4v) is 3.84. The van der Waals surface area contributed by atoms with Crippen LogP contribution in [0.5, 0.6) is 0 Å². The third kappa shape index (κ3) is 6.08. The molecule has 0 radical (unpaired) electrons. The number of nitrogens with zero attached hydrogens (tertiary/aromatic N) is 3. The van der Waals surface area contributed by atoms with Gasteiger partial charge in [-0.3, -0.25) is 4.55 Å². The third-order valence-corrected chi connectivity index (χ3v) is 5.45. The Morgan fingerprint density at radius 2 is 2.12 bits per heavy atom. The number of anilines is 1. The van der Waals surface area contributed by atoms with Crippen molar-refractivity contribution in [3.8, 4) is 11.3 Å². The summed E-state index contributed by atoms with van der Waals surface area (Å²) < 4.78 is 35.9. The molecule has 9 heteroatoms. The van der Waals surface area contributed by atoms with Crippen LogP contribution in [0.1, 0.15) is 44.9 Å². The molecule has 0 aliphatic rings. The van der Waals surface area contributed by atoms with Crippen LogP contribution in [0.4, 0.5) is 10.5 Å². The van der Waals surface area contributed by atoms with Crippen LogP contribution >= 0.6 is 0 Å².